The first-order valence-corrected chi connectivity index (χ1v) is 8.39. The number of nitrogens with two attached hydrogens (primary N) is 1. The van der Waals surface area contributed by atoms with Crippen LogP contribution in [0.3, 0.4) is 0 Å². The number of aromatic nitrogens is 3. The van der Waals surface area contributed by atoms with Crippen LogP contribution in [0.15, 0.2) is 35.1 Å². The highest BCUT2D eigenvalue weighted by molar-refractivity contribution is 9.10. The van der Waals surface area contributed by atoms with Gasteiger partial charge in [-0.15, -0.1) is 11.3 Å². The molecule has 3 rings (SSSR count). The quantitative estimate of drug-likeness (QED) is 0.683. The Kier molecular flexibility index (Phi) is 4.44. The molecule has 0 fully saturated rings. The first kappa shape index (κ1) is 15.7. The van der Waals surface area contributed by atoms with E-state index in [2.05, 4.69) is 36.2 Å². The SMILES string of the molecule is Cc1nc(Nc2ncnc(Oc3ccc(Br)cc3)c2N)sc1C. The summed E-state index contributed by atoms with van der Waals surface area (Å²) in [4.78, 5) is 13.8. The Morgan fingerprint density at radius 2 is 1.91 bits per heavy atom. The first-order chi connectivity index (χ1) is 11.0. The van der Waals surface area contributed by atoms with Gasteiger partial charge in [-0.2, -0.15) is 4.98 Å². The third-order valence-corrected chi connectivity index (χ3v) is 4.65. The number of anilines is 3. The van der Waals surface area contributed by atoms with Crippen LogP contribution in [-0.2, 0) is 0 Å². The molecule has 0 unspecified atom stereocenters. The molecule has 0 aliphatic heterocycles. The van der Waals surface area contributed by atoms with Crippen molar-refractivity contribution in [3.05, 3.63) is 45.6 Å². The average molecular weight is 392 g/mol. The summed E-state index contributed by atoms with van der Waals surface area (Å²) in [5.74, 6) is 1.42. The van der Waals surface area contributed by atoms with E-state index >= 15 is 0 Å². The Labute approximate surface area is 145 Å². The molecule has 2 heterocycles. The molecular formula is C15H14BrN5OS. The van der Waals surface area contributed by atoms with Crippen LogP contribution in [0.2, 0.25) is 0 Å². The number of rotatable bonds is 4. The van der Waals surface area contributed by atoms with Crippen molar-refractivity contribution < 1.29 is 4.74 Å². The van der Waals surface area contributed by atoms with Crippen LogP contribution in [0.25, 0.3) is 0 Å². The van der Waals surface area contributed by atoms with Gasteiger partial charge in [-0.05, 0) is 38.1 Å². The van der Waals surface area contributed by atoms with Crippen molar-refractivity contribution in [1.82, 2.24) is 15.0 Å². The molecule has 3 aromatic rings. The number of ether oxygens (including phenoxy) is 1. The number of aryl methyl sites for hydroxylation is 2. The fraction of sp³-hybridized carbons (Fsp3) is 0.133. The average Bonchev–Trinajstić information content (AvgIpc) is 2.84. The highest BCUT2D eigenvalue weighted by Gasteiger charge is 2.12. The fourth-order valence-corrected chi connectivity index (χ4v) is 2.88. The minimum atomic E-state index is 0.301. The summed E-state index contributed by atoms with van der Waals surface area (Å²) in [6, 6.07) is 7.42. The lowest BCUT2D eigenvalue weighted by Gasteiger charge is -2.10. The maximum absolute atomic E-state index is 6.11. The molecule has 8 heteroatoms. The Morgan fingerprint density at radius 1 is 1.17 bits per heavy atom. The fourth-order valence-electron chi connectivity index (χ4n) is 1.80. The normalized spacial score (nSPS) is 10.6. The van der Waals surface area contributed by atoms with Crippen molar-refractivity contribution >= 4 is 43.9 Å². The standard InChI is InChI=1S/C15H14BrN5OS/c1-8-9(2)23-15(20-8)21-13-12(17)14(19-7-18-13)22-11-5-3-10(16)4-6-11/h3-7H,17H2,1-2H3,(H,18,19,20,21). The van der Waals surface area contributed by atoms with Gasteiger partial charge in [0.15, 0.2) is 10.9 Å². The van der Waals surface area contributed by atoms with Crippen LogP contribution >= 0.6 is 27.3 Å². The van der Waals surface area contributed by atoms with Crippen molar-refractivity contribution in [2.24, 2.45) is 0 Å². The van der Waals surface area contributed by atoms with Gasteiger partial charge in [0.25, 0.3) is 0 Å². The summed E-state index contributed by atoms with van der Waals surface area (Å²) in [7, 11) is 0. The molecule has 0 radical (unpaired) electrons. The van der Waals surface area contributed by atoms with Crippen molar-refractivity contribution in [2.75, 3.05) is 11.1 Å². The molecule has 23 heavy (non-hydrogen) atoms. The zero-order valence-electron chi connectivity index (χ0n) is 12.5. The van der Waals surface area contributed by atoms with Gasteiger partial charge in [0.1, 0.15) is 17.8 Å². The molecule has 0 bridgehead atoms. The highest BCUT2D eigenvalue weighted by atomic mass is 79.9. The molecule has 0 saturated carbocycles. The number of benzene rings is 1. The molecule has 6 nitrogen and oxygen atoms in total. The zero-order valence-corrected chi connectivity index (χ0v) is 14.9. The summed E-state index contributed by atoms with van der Waals surface area (Å²) < 4.78 is 6.69. The van der Waals surface area contributed by atoms with E-state index < -0.39 is 0 Å². The van der Waals surface area contributed by atoms with E-state index in [1.807, 2.05) is 38.1 Å². The van der Waals surface area contributed by atoms with Gasteiger partial charge >= 0.3 is 0 Å². The number of hydrogen-bond acceptors (Lipinski definition) is 7. The lowest BCUT2D eigenvalue weighted by molar-refractivity contribution is 0.464. The number of nitrogen functional groups attached to an aromatic ring is 1. The number of hydrogen-bond donors (Lipinski definition) is 2. The second-order valence-electron chi connectivity index (χ2n) is 4.78. The second-order valence-corrected chi connectivity index (χ2v) is 6.90. The first-order valence-electron chi connectivity index (χ1n) is 6.78. The number of thiazole rings is 1. The van der Waals surface area contributed by atoms with E-state index in [-0.39, 0.29) is 0 Å². The molecule has 2 aromatic heterocycles. The Hall–Kier alpha value is -2.19. The third-order valence-electron chi connectivity index (χ3n) is 3.13. The number of nitrogens with one attached hydrogen (secondary N) is 1. The molecule has 0 amide bonds. The van der Waals surface area contributed by atoms with Gasteiger partial charge in [0, 0.05) is 9.35 Å². The smallest absolute Gasteiger partial charge is 0.248 e. The predicted octanol–water partition coefficient (Wildman–Crippen LogP) is 4.43. The minimum absolute atomic E-state index is 0.301. The minimum Gasteiger partial charge on any atom is -0.437 e. The van der Waals surface area contributed by atoms with Crippen LogP contribution in [-0.4, -0.2) is 15.0 Å². The maximum atomic E-state index is 6.11. The summed E-state index contributed by atoms with van der Waals surface area (Å²) in [6.07, 6.45) is 1.40. The van der Waals surface area contributed by atoms with Gasteiger partial charge in [-0.1, -0.05) is 15.9 Å². The van der Waals surface area contributed by atoms with Crippen LogP contribution in [0, 0.1) is 13.8 Å². The van der Waals surface area contributed by atoms with E-state index in [9.17, 15) is 0 Å². The second kappa shape index (κ2) is 6.51. The lowest BCUT2D eigenvalue weighted by Crippen LogP contribution is -2.03. The van der Waals surface area contributed by atoms with Crippen LogP contribution in [0.4, 0.5) is 16.6 Å². The molecule has 0 saturated heterocycles. The molecule has 1 aromatic carbocycles. The van der Waals surface area contributed by atoms with E-state index in [1.54, 1.807) is 11.3 Å². The highest BCUT2D eigenvalue weighted by Crippen LogP contribution is 2.32. The molecule has 0 aliphatic rings. The maximum Gasteiger partial charge on any atom is 0.248 e. The van der Waals surface area contributed by atoms with E-state index in [1.165, 1.54) is 6.33 Å². The Bertz CT molecular complexity index is 815. The van der Waals surface area contributed by atoms with Gasteiger partial charge in [-0.25, -0.2) is 9.97 Å². The van der Waals surface area contributed by atoms with Crippen molar-refractivity contribution in [3.8, 4) is 11.6 Å². The van der Waals surface area contributed by atoms with Gasteiger partial charge in [-0.3, -0.25) is 0 Å². The summed E-state index contributed by atoms with van der Waals surface area (Å²) in [6.45, 7) is 3.98. The molecule has 118 valence electrons. The molecule has 0 atom stereocenters. The largest absolute Gasteiger partial charge is 0.437 e. The predicted molar refractivity (Wildman–Crippen MR) is 95.5 cm³/mol. The summed E-state index contributed by atoms with van der Waals surface area (Å²) in [5, 5.41) is 3.85. The van der Waals surface area contributed by atoms with Crippen LogP contribution in [0.5, 0.6) is 11.6 Å². The molecule has 3 N–H and O–H groups in total. The molecule has 0 spiro atoms. The Morgan fingerprint density at radius 3 is 2.57 bits per heavy atom. The van der Waals surface area contributed by atoms with Crippen LogP contribution < -0.4 is 15.8 Å². The van der Waals surface area contributed by atoms with E-state index in [0.717, 1.165) is 20.2 Å². The molecule has 0 aliphatic carbocycles. The topological polar surface area (TPSA) is 86.0 Å². The van der Waals surface area contributed by atoms with E-state index in [0.29, 0.717) is 23.1 Å². The number of halogens is 1. The summed E-state index contributed by atoms with van der Waals surface area (Å²) >= 11 is 4.93. The third kappa shape index (κ3) is 3.59. The van der Waals surface area contributed by atoms with Crippen molar-refractivity contribution in [2.45, 2.75) is 13.8 Å². The van der Waals surface area contributed by atoms with Gasteiger partial charge in [0.05, 0.1) is 5.69 Å². The van der Waals surface area contributed by atoms with Gasteiger partial charge in [0.2, 0.25) is 5.88 Å². The lowest BCUT2D eigenvalue weighted by atomic mass is 10.3. The van der Waals surface area contributed by atoms with Crippen LogP contribution in [0.1, 0.15) is 10.6 Å². The van der Waals surface area contributed by atoms with E-state index in [4.69, 9.17) is 10.5 Å². The number of nitrogens with zero attached hydrogens (tertiary/aromatic N) is 3. The van der Waals surface area contributed by atoms with Crippen molar-refractivity contribution in [3.63, 3.8) is 0 Å². The summed E-state index contributed by atoms with van der Waals surface area (Å²) in [5.41, 5.74) is 7.43. The zero-order chi connectivity index (χ0) is 16.4. The molecular weight excluding hydrogens is 378 g/mol. The Balaban J connectivity index is 1.84. The monoisotopic (exact) mass is 391 g/mol. The van der Waals surface area contributed by atoms with Gasteiger partial charge < -0.3 is 15.8 Å². The van der Waals surface area contributed by atoms with Crippen molar-refractivity contribution in [1.29, 1.82) is 0 Å².